The zero-order chi connectivity index (χ0) is 18.4. The Bertz CT molecular complexity index is 717. The number of hydrogen-bond acceptors (Lipinski definition) is 6. The maximum absolute atomic E-state index is 12.2. The van der Waals surface area contributed by atoms with Crippen LogP contribution < -0.4 is 10.1 Å². The quantitative estimate of drug-likeness (QED) is 0.739. The van der Waals surface area contributed by atoms with E-state index in [0.717, 1.165) is 17.7 Å². The van der Waals surface area contributed by atoms with E-state index in [4.69, 9.17) is 9.15 Å². The number of carbonyl (C=O) groups excluding carboxylic acids is 1. The summed E-state index contributed by atoms with van der Waals surface area (Å²) in [6.07, 6.45) is 4.71. The third-order valence-corrected chi connectivity index (χ3v) is 5.42. The summed E-state index contributed by atoms with van der Waals surface area (Å²) in [5.41, 5.74) is 0.827. The number of carbonyl (C=O) groups is 1. The Morgan fingerprint density at radius 2 is 2.04 bits per heavy atom. The van der Waals surface area contributed by atoms with Gasteiger partial charge in [-0.25, -0.2) is 0 Å². The monoisotopic (exact) mass is 375 g/mol. The van der Waals surface area contributed by atoms with Crippen LogP contribution >= 0.6 is 11.8 Å². The van der Waals surface area contributed by atoms with Crippen molar-refractivity contribution in [2.45, 2.75) is 50.8 Å². The minimum atomic E-state index is 0.0227. The van der Waals surface area contributed by atoms with Crippen LogP contribution in [0.25, 0.3) is 11.5 Å². The van der Waals surface area contributed by atoms with Crippen molar-refractivity contribution < 1.29 is 13.9 Å². The van der Waals surface area contributed by atoms with Crippen LogP contribution in [0, 0.1) is 5.92 Å². The van der Waals surface area contributed by atoms with Crippen LogP contribution in [0.3, 0.4) is 0 Å². The third-order valence-electron chi connectivity index (χ3n) is 4.60. The number of ether oxygens (including phenoxy) is 1. The Morgan fingerprint density at radius 1 is 1.27 bits per heavy atom. The van der Waals surface area contributed by atoms with E-state index in [1.165, 1.54) is 31.0 Å². The highest BCUT2D eigenvalue weighted by Gasteiger charge is 2.23. The molecule has 1 N–H and O–H groups in total. The maximum Gasteiger partial charge on any atom is 0.277 e. The molecule has 2 atom stereocenters. The minimum Gasteiger partial charge on any atom is -0.494 e. The summed E-state index contributed by atoms with van der Waals surface area (Å²) in [5.74, 6) is 2.10. The van der Waals surface area contributed by atoms with Gasteiger partial charge in [0.1, 0.15) is 5.75 Å². The van der Waals surface area contributed by atoms with Crippen LogP contribution in [-0.4, -0.2) is 34.5 Å². The molecule has 6 nitrogen and oxygen atoms in total. The van der Waals surface area contributed by atoms with Crippen LogP contribution in [0.5, 0.6) is 5.75 Å². The average Bonchev–Trinajstić information content (AvgIpc) is 3.12. The van der Waals surface area contributed by atoms with E-state index >= 15 is 0 Å². The Labute approximate surface area is 158 Å². The average molecular weight is 375 g/mol. The van der Waals surface area contributed by atoms with E-state index in [9.17, 15) is 4.79 Å². The first-order valence-electron chi connectivity index (χ1n) is 9.14. The van der Waals surface area contributed by atoms with Gasteiger partial charge in [0.15, 0.2) is 0 Å². The van der Waals surface area contributed by atoms with Crippen LogP contribution in [0.1, 0.15) is 39.5 Å². The lowest BCUT2D eigenvalue weighted by atomic mass is 9.86. The van der Waals surface area contributed by atoms with Crippen LogP contribution in [0.2, 0.25) is 0 Å². The van der Waals surface area contributed by atoms with Crippen molar-refractivity contribution in [1.82, 2.24) is 15.5 Å². The molecule has 0 saturated heterocycles. The molecule has 1 saturated carbocycles. The van der Waals surface area contributed by atoms with E-state index in [1.54, 1.807) is 0 Å². The number of hydrogen-bond donors (Lipinski definition) is 1. The van der Waals surface area contributed by atoms with Crippen molar-refractivity contribution >= 4 is 17.7 Å². The summed E-state index contributed by atoms with van der Waals surface area (Å²) < 4.78 is 11.1. The summed E-state index contributed by atoms with van der Waals surface area (Å²) in [5, 5.41) is 11.6. The van der Waals surface area contributed by atoms with Gasteiger partial charge in [-0.3, -0.25) is 4.79 Å². The van der Waals surface area contributed by atoms with Gasteiger partial charge in [-0.2, -0.15) is 0 Å². The lowest BCUT2D eigenvalue weighted by Crippen LogP contribution is -2.41. The zero-order valence-electron chi connectivity index (χ0n) is 15.2. The smallest absolute Gasteiger partial charge is 0.277 e. The molecular formula is C19H25N3O3S. The van der Waals surface area contributed by atoms with Gasteiger partial charge in [0.2, 0.25) is 11.8 Å². The SMILES string of the molecule is CCOc1ccc(-c2nnc(SCC(=O)N[C@@H]3CCCC[C@@H]3C)o2)cc1. The molecule has 1 aliphatic carbocycles. The molecule has 7 heteroatoms. The Kier molecular flexibility index (Phi) is 6.55. The van der Waals surface area contributed by atoms with E-state index in [0.29, 0.717) is 29.7 Å². The highest BCUT2D eigenvalue weighted by atomic mass is 32.2. The molecule has 0 radical (unpaired) electrons. The third kappa shape index (κ3) is 5.00. The molecule has 1 aromatic carbocycles. The molecule has 0 unspecified atom stereocenters. The second kappa shape index (κ2) is 9.07. The molecule has 1 aliphatic rings. The van der Waals surface area contributed by atoms with E-state index in [-0.39, 0.29) is 11.7 Å². The summed E-state index contributed by atoms with van der Waals surface area (Å²) in [6.45, 7) is 4.78. The Hall–Kier alpha value is -2.02. The molecule has 1 heterocycles. The predicted molar refractivity (Wildman–Crippen MR) is 101 cm³/mol. The van der Waals surface area contributed by atoms with Crippen molar-refractivity contribution in [2.24, 2.45) is 5.92 Å². The number of nitrogens with one attached hydrogen (secondary N) is 1. The van der Waals surface area contributed by atoms with Crippen molar-refractivity contribution in [3.8, 4) is 17.2 Å². The fraction of sp³-hybridized carbons (Fsp3) is 0.526. The van der Waals surface area contributed by atoms with E-state index < -0.39 is 0 Å². The summed E-state index contributed by atoms with van der Waals surface area (Å²) in [7, 11) is 0. The molecule has 1 aromatic heterocycles. The fourth-order valence-electron chi connectivity index (χ4n) is 3.15. The van der Waals surface area contributed by atoms with Crippen LogP contribution in [0.15, 0.2) is 33.9 Å². The number of nitrogens with zero attached hydrogens (tertiary/aromatic N) is 2. The molecule has 0 spiro atoms. The highest BCUT2D eigenvalue weighted by Crippen LogP contribution is 2.26. The number of aromatic nitrogens is 2. The first-order valence-corrected chi connectivity index (χ1v) is 10.1. The Morgan fingerprint density at radius 3 is 2.77 bits per heavy atom. The van der Waals surface area contributed by atoms with Crippen molar-refractivity contribution in [1.29, 1.82) is 0 Å². The fourth-order valence-corrected chi connectivity index (χ4v) is 3.73. The molecular weight excluding hydrogens is 350 g/mol. The normalized spacial score (nSPS) is 19.9. The van der Waals surface area contributed by atoms with Crippen LogP contribution in [-0.2, 0) is 4.79 Å². The van der Waals surface area contributed by atoms with Gasteiger partial charge < -0.3 is 14.5 Å². The lowest BCUT2D eigenvalue weighted by molar-refractivity contribution is -0.119. The van der Waals surface area contributed by atoms with Gasteiger partial charge >= 0.3 is 0 Å². The van der Waals surface area contributed by atoms with Crippen molar-refractivity contribution in [3.05, 3.63) is 24.3 Å². The van der Waals surface area contributed by atoms with Gasteiger partial charge in [-0.05, 0) is 49.9 Å². The molecule has 2 aromatic rings. The number of amides is 1. The number of rotatable bonds is 7. The minimum absolute atomic E-state index is 0.0227. The molecule has 1 fully saturated rings. The van der Waals surface area contributed by atoms with Crippen molar-refractivity contribution in [2.75, 3.05) is 12.4 Å². The maximum atomic E-state index is 12.2. The van der Waals surface area contributed by atoms with E-state index in [1.807, 2.05) is 31.2 Å². The zero-order valence-corrected chi connectivity index (χ0v) is 16.1. The largest absolute Gasteiger partial charge is 0.494 e. The van der Waals surface area contributed by atoms with Crippen LogP contribution in [0.4, 0.5) is 0 Å². The van der Waals surface area contributed by atoms with Crippen molar-refractivity contribution in [3.63, 3.8) is 0 Å². The standard InChI is InChI=1S/C19H25N3O3S/c1-3-24-15-10-8-14(9-11-15)18-21-22-19(25-18)26-12-17(23)20-16-7-5-4-6-13(16)2/h8-11,13,16H,3-7,12H2,1-2H3,(H,20,23)/t13-,16+/m0/s1. The first-order chi connectivity index (χ1) is 12.7. The number of benzene rings is 1. The molecule has 0 bridgehead atoms. The Balaban J connectivity index is 1.51. The van der Waals surface area contributed by atoms with Gasteiger partial charge in [-0.15, -0.1) is 10.2 Å². The summed E-state index contributed by atoms with van der Waals surface area (Å²) >= 11 is 1.27. The lowest BCUT2D eigenvalue weighted by Gasteiger charge is -2.29. The predicted octanol–water partition coefficient (Wildman–Crippen LogP) is 3.92. The summed E-state index contributed by atoms with van der Waals surface area (Å²) in [4.78, 5) is 12.2. The molecule has 0 aliphatic heterocycles. The van der Waals surface area contributed by atoms with E-state index in [2.05, 4.69) is 22.4 Å². The number of thioether (sulfide) groups is 1. The molecule has 3 rings (SSSR count). The van der Waals surface area contributed by atoms with Gasteiger partial charge in [0.05, 0.1) is 12.4 Å². The van der Waals surface area contributed by atoms with Gasteiger partial charge in [-0.1, -0.05) is 31.5 Å². The second-order valence-electron chi connectivity index (χ2n) is 6.55. The summed E-state index contributed by atoms with van der Waals surface area (Å²) in [6, 6.07) is 7.79. The highest BCUT2D eigenvalue weighted by molar-refractivity contribution is 7.99. The molecule has 26 heavy (non-hydrogen) atoms. The first kappa shape index (κ1) is 18.8. The second-order valence-corrected chi connectivity index (χ2v) is 7.48. The van der Waals surface area contributed by atoms with Gasteiger partial charge in [0, 0.05) is 11.6 Å². The van der Waals surface area contributed by atoms with Gasteiger partial charge in [0.25, 0.3) is 5.22 Å². The molecule has 140 valence electrons. The molecule has 1 amide bonds. The topological polar surface area (TPSA) is 77.2 Å².